The second kappa shape index (κ2) is 7.62. The number of anilines is 1. The van der Waals surface area contributed by atoms with Gasteiger partial charge in [-0.25, -0.2) is 0 Å². The van der Waals surface area contributed by atoms with Crippen LogP contribution in [0.5, 0.6) is 0 Å². The van der Waals surface area contributed by atoms with Crippen LogP contribution >= 0.6 is 11.6 Å². The zero-order valence-electron chi connectivity index (χ0n) is 11.5. The predicted octanol–water partition coefficient (Wildman–Crippen LogP) is 2.52. The van der Waals surface area contributed by atoms with Crippen molar-refractivity contribution >= 4 is 23.2 Å². The number of carbonyl (C=O) groups is 1. The summed E-state index contributed by atoms with van der Waals surface area (Å²) in [6.07, 6.45) is 4.35. The number of benzene rings is 1. The highest BCUT2D eigenvalue weighted by Crippen LogP contribution is 2.17. The molecule has 110 valence electrons. The molecule has 0 radical (unpaired) electrons. The van der Waals surface area contributed by atoms with E-state index in [1.54, 1.807) is 24.3 Å². The van der Waals surface area contributed by atoms with Gasteiger partial charge in [-0.15, -0.1) is 0 Å². The molecular formula is C15H21ClN2O2. The maximum absolute atomic E-state index is 12.1. The summed E-state index contributed by atoms with van der Waals surface area (Å²) in [6, 6.07) is 7.17. The lowest BCUT2D eigenvalue weighted by atomic mass is 10.1. The summed E-state index contributed by atoms with van der Waals surface area (Å²) in [6.45, 7) is 1.32. The molecule has 0 aliphatic carbocycles. The van der Waals surface area contributed by atoms with Crippen LogP contribution in [0.4, 0.5) is 5.69 Å². The third kappa shape index (κ3) is 4.47. The fourth-order valence-electron chi connectivity index (χ4n) is 2.57. The van der Waals surface area contributed by atoms with E-state index < -0.39 is 0 Å². The third-order valence-corrected chi connectivity index (χ3v) is 3.94. The van der Waals surface area contributed by atoms with Crippen molar-refractivity contribution in [1.82, 2.24) is 4.90 Å². The number of rotatable bonds is 4. The van der Waals surface area contributed by atoms with Gasteiger partial charge in [0.15, 0.2) is 0 Å². The lowest BCUT2D eigenvalue weighted by molar-refractivity contribution is -0.118. The second-order valence-electron chi connectivity index (χ2n) is 5.21. The van der Waals surface area contributed by atoms with Crippen molar-refractivity contribution in [3.63, 3.8) is 0 Å². The fraction of sp³-hybridized carbons (Fsp3) is 0.533. The van der Waals surface area contributed by atoms with Crippen LogP contribution in [0.3, 0.4) is 0 Å². The molecular weight excluding hydrogens is 276 g/mol. The van der Waals surface area contributed by atoms with Crippen LogP contribution in [-0.4, -0.2) is 41.7 Å². The molecule has 1 aromatic carbocycles. The summed E-state index contributed by atoms with van der Waals surface area (Å²) in [7, 11) is 0. The molecule has 0 bridgehead atoms. The smallest absolute Gasteiger partial charge is 0.238 e. The molecule has 1 aromatic rings. The maximum atomic E-state index is 12.1. The van der Waals surface area contributed by atoms with Gasteiger partial charge in [-0.05, 0) is 43.7 Å². The minimum Gasteiger partial charge on any atom is -0.395 e. The lowest BCUT2D eigenvalue weighted by Crippen LogP contribution is -2.42. The molecule has 1 atom stereocenters. The van der Waals surface area contributed by atoms with Gasteiger partial charge in [0.25, 0.3) is 0 Å². The number of nitrogens with zero attached hydrogens (tertiary/aromatic N) is 1. The number of hydrogen-bond donors (Lipinski definition) is 2. The summed E-state index contributed by atoms with van der Waals surface area (Å²) >= 11 is 5.81. The van der Waals surface area contributed by atoms with Crippen molar-refractivity contribution in [2.75, 3.05) is 25.0 Å². The fourth-order valence-corrected chi connectivity index (χ4v) is 2.70. The Bertz CT molecular complexity index is 436. The molecule has 1 saturated heterocycles. The van der Waals surface area contributed by atoms with Crippen LogP contribution in [-0.2, 0) is 4.79 Å². The van der Waals surface area contributed by atoms with E-state index in [-0.39, 0.29) is 18.6 Å². The first-order chi connectivity index (χ1) is 9.69. The van der Waals surface area contributed by atoms with E-state index in [2.05, 4.69) is 10.2 Å². The molecule has 4 nitrogen and oxygen atoms in total. The molecule has 5 heteroatoms. The van der Waals surface area contributed by atoms with E-state index in [0.29, 0.717) is 11.6 Å². The van der Waals surface area contributed by atoms with Crippen LogP contribution in [0.1, 0.15) is 25.7 Å². The van der Waals surface area contributed by atoms with E-state index in [1.165, 1.54) is 6.42 Å². The number of amides is 1. The van der Waals surface area contributed by atoms with E-state index in [4.69, 9.17) is 11.6 Å². The third-order valence-electron chi connectivity index (χ3n) is 3.68. The topological polar surface area (TPSA) is 52.6 Å². The SMILES string of the molecule is O=C(CN1CCCCCC1CO)Nc1ccc(Cl)cc1. The summed E-state index contributed by atoms with van der Waals surface area (Å²) < 4.78 is 0. The summed E-state index contributed by atoms with van der Waals surface area (Å²) in [4.78, 5) is 14.2. The van der Waals surface area contributed by atoms with Crippen LogP contribution in [0.25, 0.3) is 0 Å². The minimum atomic E-state index is -0.0485. The Morgan fingerprint density at radius 1 is 1.30 bits per heavy atom. The Morgan fingerprint density at radius 3 is 2.75 bits per heavy atom. The molecule has 0 spiro atoms. The first kappa shape index (κ1) is 15.3. The van der Waals surface area contributed by atoms with Crippen molar-refractivity contribution in [1.29, 1.82) is 0 Å². The summed E-state index contributed by atoms with van der Waals surface area (Å²) in [5.74, 6) is -0.0485. The van der Waals surface area contributed by atoms with Gasteiger partial charge >= 0.3 is 0 Å². The second-order valence-corrected chi connectivity index (χ2v) is 5.65. The highest BCUT2D eigenvalue weighted by atomic mass is 35.5. The average Bonchev–Trinajstić information content (AvgIpc) is 2.66. The molecule has 2 N–H and O–H groups in total. The number of halogens is 1. The minimum absolute atomic E-state index is 0.0485. The monoisotopic (exact) mass is 296 g/mol. The largest absolute Gasteiger partial charge is 0.395 e. The number of aliphatic hydroxyl groups excluding tert-OH is 1. The van der Waals surface area contributed by atoms with Gasteiger partial charge in [0.05, 0.1) is 13.2 Å². The average molecular weight is 297 g/mol. The highest BCUT2D eigenvalue weighted by molar-refractivity contribution is 6.30. The van der Waals surface area contributed by atoms with E-state index in [1.807, 2.05) is 0 Å². The molecule has 0 saturated carbocycles. The number of hydrogen-bond acceptors (Lipinski definition) is 3. The Kier molecular flexibility index (Phi) is 5.83. The van der Waals surface area contributed by atoms with Gasteiger partial charge in [0.2, 0.25) is 5.91 Å². The van der Waals surface area contributed by atoms with E-state index >= 15 is 0 Å². The molecule has 1 amide bonds. The number of aliphatic hydroxyl groups is 1. The number of nitrogens with one attached hydrogen (secondary N) is 1. The first-order valence-corrected chi connectivity index (χ1v) is 7.47. The van der Waals surface area contributed by atoms with E-state index in [9.17, 15) is 9.90 Å². The maximum Gasteiger partial charge on any atom is 0.238 e. The summed E-state index contributed by atoms with van der Waals surface area (Å²) in [5.41, 5.74) is 0.745. The molecule has 1 unspecified atom stereocenters. The van der Waals surface area contributed by atoms with Gasteiger partial charge < -0.3 is 10.4 Å². The van der Waals surface area contributed by atoms with Crippen molar-refractivity contribution in [2.24, 2.45) is 0 Å². The van der Waals surface area contributed by atoms with Crippen molar-refractivity contribution in [3.05, 3.63) is 29.3 Å². The predicted molar refractivity (Wildman–Crippen MR) is 81.0 cm³/mol. The number of likely N-dealkylation sites (tertiary alicyclic amines) is 1. The number of carbonyl (C=O) groups excluding carboxylic acids is 1. The molecule has 0 aromatic heterocycles. The van der Waals surface area contributed by atoms with Crippen molar-refractivity contribution in [3.8, 4) is 0 Å². The molecule has 1 fully saturated rings. The standard InChI is InChI=1S/C15H21ClN2O2/c16-12-5-7-13(8-6-12)17-15(20)10-18-9-3-1-2-4-14(18)11-19/h5-8,14,19H,1-4,9-11H2,(H,17,20). The molecule has 1 aliphatic heterocycles. The van der Waals surface area contributed by atoms with Gasteiger partial charge in [0, 0.05) is 16.8 Å². The van der Waals surface area contributed by atoms with Gasteiger partial charge in [-0.1, -0.05) is 24.4 Å². The normalized spacial score (nSPS) is 20.4. The van der Waals surface area contributed by atoms with Crippen LogP contribution < -0.4 is 5.32 Å². The molecule has 2 rings (SSSR count). The lowest BCUT2D eigenvalue weighted by Gasteiger charge is -2.27. The van der Waals surface area contributed by atoms with Crippen LogP contribution in [0, 0.1) is 0 Å². The molecule has 20 heavy (non-hydrogen) atoms. The molecule has 1 aliphatic rings. The van der Waals surface area contributed by atoms with Gasteiger partial charge in [-0.2, -0.15) is 0 Å². The quantitative estimate of drug-likeness (QED) is 0.898. The van der Waals surface area contributed by atoms with Gasteiger partial charge in [-0.3, -0.25) is 9.69 Å². The van der Waals surface area contributed by atoms with E-state index in [0.717, 1.165) is 31.5 Å². The van der Waals surface area contributed by atoms with Crippen LogP contribution in [0.15, 0.2) is 24.3 Å². The Labute approximate surface area is 124 Å². The Balaban J connectivity index is 1.90. The molecule has 1 heterocycles. The van der Waals surface area contributed by atoms with Crippen molar-refractivity contribution in [2.45, 2.75) is 31.7 Å². The summed E-state index contributed by atoms with van der Waals surface area (Å²) in [5, 5.41) is 12.9. The first-order valence-electron chi connectivity index (χ1n) is 7.09. The highest BCUT2D eigenvalue weighted by Gasteiger charge is 2.22. The zero-order valence-corrected chi connectivity index (χ0v) is 12.3. The van der Waals surface area contributed by atoms with Crippen LogP contribution in [0.2, 0.25) is 5.02 Å². The Hall–Kier alpha value is -1.10. The Morgan fingerprint density at radius 2 is 2.05 bits per heavy atom. The van der Waals surface area contributed by atoms with Crippen molar-refractivity contribution < 1.29 is 9.90 Å². The van der Waals surface area contributed by atoms with Gasteiger partial charge in [0.1, 0.15) is 0 Å². The zero-order chi connectivity index (χ0) is 14.4.